The molecule has 2 rings (SSSR count). The van der Waals surface area contributed by atoms with E-state index >= 15 is 0 Å². The third-order valence-corrected chi connectivity index (χ3v) is 5.19. The Morgan fingerprint density at radius 2 is 1.72 bits per heavy atom. The molecule has 0 radical (unpaired) electrons. The highest BCUT2D eigenvalue weighted by atomic mass is 32.2. The molecule has 0 aromatic heterocycles. The van der Waals surface area contributed by atoms with Gasteiger partial charge in [0.1, 0.15) is 11.0 Å². The van der Waals surface area contributed by atoms with Crippen LogP contribution in [0.25, 0.3) is 0 Å². The second kappa shape index (κ2) is 4.99. The zero-order valence-corrected chi connectivity index (χ0v) is 11.4. The summed E-state index contributed by atoms with van der Waals surface area (Å²) < 4.78 is 35.3. The van der Waals surface area contributed by atoms with Gasteiger partial charge in [-0.3, -0.25) is 0 Å². The van der Waals surface area contributed by atoms with Crippen molar-refractivity contribution in [2.24, 2.45) is 0 Å². The van der Waals surface area contributed by atoms with Crippen molar-refractivity contribution in [3.05, 3.63) is 35.9 Å². The van der Waals surface area contributed by atoms with Crippen LogP contribution in [0.1, 0.15) is 24.7 Å². The molecular formula is C13H18O4S. The first-order valence-corrected chi connectivity index (χ1v) is 7.81. The van der Waals surface area contributed by atoms with Crippen molar-refractivity contribution in [3.8, 4) is 0 Å². The number of ether oxygens (including phenoxy) is 2. The minimum atomic E-state index is -3.18. The van der Waals surface area contributed by atoms with Crippen molar-refractivity contribution in [3.63, 3.8) is 0 Å². The third-order valence-electron chi connectivity index (χ3n) is 3.04. The lowest BCUT2D eigenvalue weighted by Crippen LogP contribution is -2.60. The van der Waals surface area contributed by atoms with Gasteiger partial charge < -0.3 is 9.47 Å². The van der Waals surface area contributed by atoms with Crippen LogP contribution in [0.4, 0.5) is 0 Å². The molecule has 1 heterocycles. The first kappa shape index (κ1) is 13.5. The van der Waals surface area contributed by atoms with E-state index in [0.717, 1.165) is 5.56 Å². The minimum Gasteiger partial charge on any atom is -0.348 e. The van der Waals surface area contributed by atoms with Crippen LogP contribution < -0.4 is 0 Å². The van der Waals surface area contributed by atoms with E-state index in [1.165, 1.54) is 0 Å². The molecule has 100 valence electrons. The van der Waals surface area contributed by atoms with Crippen molar-refractivity contribution in [2.45, 2.75) is 24.9 Å². The number of sulfone groups is 1. The summed E-state index contributed by atoms with van der Waals surface area (Å²) in [4.78, 5) is 0. The molecule has 1 aromatic carbocycles. The number of hydrogen-bond acceptors (Lipinski definition) is 4. The predicted octanol–water partition coefficient (Wildman–Crippen LogP) is 1.93. The third kappa shape index (κ3) is 2.18. The van der Waals surface area contributed by atoms with Gasteiger partial charge in [0.25, 0.3) is 0 Å². The maximum Gasteiger partial charge on any atom is 0.203 e. The van der Waals surface area contributed by atoms with E-state index in [-0.39, 0.29) is 5.75 Å². The molecule has 0 spiro atoms. The fourth-order valence-electron chi connectivity index (χ4n) is 2.47. The summed E-state index contributed by atoms with van der Waals surface area (Å²) in [6.45, 7) is 4.54. The SMILES string of the molecule is CCOC1(OCC)CS(=O)(=O)C1c1ccccc1. The summed E-state index contributed by atoms with van der Waals surface area (Å²) in [6, 6.07) is 9.11. The Morgan fingerprint density at radius 3 is 2.17 bits per heavy atom. The van der Waals surface area contributed by atoms with Crippen LogP contribution in [0.15, 0.2) is 30.3 Å². The Labute approximate surface area is 108 Å². The average Bonchev–Trinajstić information content (AvgIpc) is 2.29. The van der Waals surface area contributed by atoms with Crippen LogP contribution in [0.2, 0.25) is 0 Å². The highest BCUT2D eigenvalue weighted by Crippen LogP contribution is 2.48. The van der Waals surface area contributed by atoms with Crippen LogP contribution >= 0.6 is 0 Å². The normalized spacial score (nSPS) is 24.4. The molecular weight excluding hydrogens is 252 g/mol. The summed E-state index contributed by atoms with van der Waals surface area (Å²) in [5.74, 6) is -1.08. The van der Waals surface area contributed by atoms with Crippen LogP contribution in [0, 0.1) is 0 Å². The molecule has 1 atom stereocenters. The molecule has 4 nitrogen and oxygen atoms in total. The van der Waals surface area contributed by atoms with Gasteiger partial charge in [-0.05, 0) is 19.4 Å². The Kier molecular flexibility index (Phi) is 3.75. The Hall–Kier alpha value is -0.910. The van der Waals surface area contributed by atoms with Crippen LogP contribution in [0.3, 0.4) is 0 Å². The molecule has 1 saturated heterocycles. The topological polar surface area (TPSA) is 52.6 Å². The van der Waals surface area contributed by atoms with E-state index in [1.54, 1.807) is 12.1 Å². The fraction of sp³-hybridized carbons (Fsp3) is 0.538. The maximum absolute atomic E-state index is 12.0. The molecule has 1 aliphatic heterocycles. The fourth-order valence-corrected chi connectivity index (χ4v) is 4.57. The van der Waals surface area contributed by atoms with E-state index in [2.05, 4.69) is 0 Å². The van der Waals surface area contributed by atoms with Crippen LogP contribution in [-0.2, 0) is 19.3 Å². The van der Waals surface area contributed by atoms with Gasteiger partial charge in [0.05, 0.1) is 0 Å². The summed E-state index contributed by atoms with van der Waals surface area (Å²) in [5, 5.41) is -0.717. The molecule has 1 aliphatic rings. The molecule has 0 N–H and O–H groups in total. The van der Waals surface area contributed by atoms with Crippen molar-refractivity contribution < 1.29 is 17.9 Å². The van der Waals surface area contributed by atoms with Crippen LogP contribution in [-0.4, -0.2) is 33.2 Å². The van der Waals surface area contributed by atoms with Crippen molar-refractivity contribution in [2.75, 3.05) is 19.0 Å². The van der Waals surface area contributed by atoms with E-state index in [1.807, 2.05) is 32.0 Å². The lowest BCUT2D eigenvalue weighted by atomic mass is 10.0. The summed E-state index contributed by atoms with van der Waals surface area (Å²) >= 11 is 0. The van der Waals surface area contributed by atoms with Crippen molar-refractivity contribution >= 4 is 9.84 Å². The second-order valence-electron chi connectivity index (χ2n) is 4.28. The van der Waals surface area contributed by atoms with Crippen molar-refractivity contribution in [1.82, 2.24) is 0 Å². The number of benzene rings is 1. The van der Waals surface area contributed by atoms with Gasteiger partial charge in [-0.2, -0.15) is 0 Å². The molecule has 0 bridgehead atoms. The summed E-state index contributed by atoms with van der Waals surface area (Å²) in [7, 11) is -3.18. The zero-order valence-electron chi connectivity index (χ0n) is 10.6. The summed E-state index contributed by atoms with van der Waals surface area (Å²) in [6.07, 6.45) is 0. The molecule has 1 aromatic rings. The molecule has 0 aliphatic carbocycles. The largest absolute Gasteiger partial charge is 0.348 e. The quantitative estimate of drug-likeness (QED) is 0.767. The highest BCUT2D eigenvalue weighted by Gasteiger charge is 2.61. The van der Waals surface area contributed by atoms with E-state index in [4.69, 9.17) is 9.47 Å². The van der Waals surface area contributed by atoms with E-state index in [9.17, 15) is 8.42 Å². The first-order valence-electron chi connectivity index (χ1n) is 6.10. The van der Waals surface area contributed by atoms with Gasteiger partial charge in [0.2, 0.25) is 5.79 Å². The molecule has 0 saturated carbocycles. The second-order valence-corrected chi connectivity index (χ2v) is 6.36. The van der Waals surface area contributed by atoms with E-state index in [0.29, 0.717) is 13.2 Å². The molecule has 1 fully saturated rings. The number of hydrogen-bond donors (Lipinski definition) is 0. The predicted molar refractivity (Wildman–Crippen MR) is 69.0 cm³/mol. The van der Waals surface area contributed by atoms with Crippen molar-refractivity contribution in [1.29, 1.82) is 0 Å². The van der Waals surface area contributed by atoms with Gasteiger partial charge in [0, 0.05) is 13.2 Å². The Morgan fingerprint density at radius 1 is 1.17 bits per heavy atom. The highest BCUT2D eigenvalue weighted by molar-refractivity contribution is 7.93. The van der Waals surface area contributed by atoms with Gasteiger partial charge in [-0.15, -0.1) is 0 Å². The molecule has 18 heavy (non-hydrogen) atoms. The molecule has 0 amide bonds. The van der Waals surface area contributed by atoms with Gasteiger partial charge >= 0.3 is 0 Å². The first-order chi connectivity index (χ1) is 8.56. The maximum atomic E-state index is 12.0. The zero-order chi connectivity index (χ0) is 13.2. The molecule has 1 unspecified atom stereocenters. The average molecular weight is 270 g/mol. The van der Waals surface area contributed by atoms with Crippen LogP contribution in [0.5, 0.6) is 0 Å². The van der Waals surface area contributed by atoms with Gasteiger partial charge in [0.15, 0.2) is 9.84 Å². The summed E-state index contributed by atoms with van der Waals surface area (Å²) in [5.41, 5.74) is 0.727. The Bertz CT molecular complexity index is 489. The van der Waals surface area contributed by atoms with E-state index < -0.39 is 20.9 Å². The standard InChI is InChI=1S/C13H18O4S/c1-3-16-13(17-4-2)10-18(14,15)12(13)11-8-6-5-7-9-11/h5-9,12H,3-4,10H2,1-2H3. The van der Waals surface area contributed by atoms with Gasteiger partial charge in [-0.25, -0.2) is 8.42 Å². The lowest BCUT2D eigenvalue weighted by Gasteiger charge is -2.47. The lowest BCUT2D eigenvalue weighted by molar-refractivity contribution is -0.230. The number of rotatable bonds is 5. The molecule has 5 heteroatoms. The van der Waals surface area contributed by atoms with Gasteiger partial charge in [-0.1, -0.05) is 30.3 Å². The minimum absolute atomic E-state index is 0.0682. The monoisotopic (exact) mass is 270 g/mol. The smallest absolute Gasteiger partial charge is 0.203 e. The Balaban J connectivity index is 2.38.